The van der Waals surface area contributed by atoms with Crippen LogP contribution in [-0.2, 0) is 22.6 Å². The summed E-state index contributed by atoms with van der Waals surface area (Å²) in [7, 11) is 0. The Bertz CT molecular complexity index is 2700. The minimum absolute atomic E-state index is 0.00939. The van der Waals surface area contributed by atoms with Crippen molar-refractivity contribution in [3.8, 4) is 34.6 Å². The van der Waals surface area contributed by atoms with Crippen LogP contribution in [0.4, 0.5) is 23.1 Å². The largest absolute Gasteiger partial charge is 0.508 e. The van der Waals surface area contributed by atoms with E-state index in [-0.39, 0.29) is 47.5 Å². The lowest BCUT2D eigenvalue weighted by Gasteiger charge is -2.38. The summed E-state index contributed by atoms with van der Waals surface area (Å²) in [6.07, 6.45) is 2.44. The second-order valence-electron chi connectivity index (χ2n) is 16.8. The maximum Gasteiger partial charge on any atom is 0.319 e. The summed E-state index contributed by atoms with van der Waals surface area (Å²) in [6.45, 7) is 14.3. The summed E-state index contributed by atoms with van der Waals surface area (Å²) >= 11 is 0. The van der Waals surface area contributed by atoms with Gasteiger partial charge in [-0.15, -0.1) is 5.10 Å². The SMILES string of the molecule is C=CC(=O)N1CCN(c2nc(NCCC(=O)N3CCN(c4ccc(-n5c(O)nnc5-c5cc(C(C)C)c(O)cc5O)cc4)CC3)nc3c2CCN(c2cccc4ccccc24)C3)CC1. The Morgan fingerprint density at radius 3 is 2.22 bits per heavy atom. The monoisotopic (exact) mass is 863 g/mol. The van der Waals surface area contributed by atoms with E-state index in [1.54, 1.807) is 6.07 Å². The Morgan fingerprint density at radius 1 is 0.766 bits per heavy atom. The first-order valence-corrected chi connectivity index (χ1v) is 21.9. The molecule has 9 rings (SSSR count). The summed E-state index contributed by atoms with van der Waals surface area (Å²) in [5, 5.41) is 45.6. The lowest BCUT2D eigenvalue weighted by molar-refractivity contribution is -0.131. The highest BCUT2D eigenvalue weighted by molar-refractivity contribution is 5.94. The number of carbonyl (C=O) groups excluding carboxylic acids is 2. The number of aromatic nitrogens is 5. The number of fused-ring (bicyclic) bond motifs is 2. The molecule has 0 bridgehead atoms. The van der Waals surface area contributed by atoms with E-state index in [2.05, 4.69) is 79.3 Å². The molecule has 0 spiro atoms. The molecule has 16 heteroatoms. The van der Waals surface area contributed by atoms with Crippen molar-refractivity contribution in [2.75, 3.05) is 85.5 Å². The molecule has 6 aromatic rings. The highest BCUT2D eigenvalue weighted by atomic mass is 16.3. The Kier molecular flexibility index (Phi) is 11.7. The van der Waals surface area contributed by atoms with Gasteiger partial charge in [-0.05, 0) is 65.8 Å². The molecule has 0 atom stereocenters. The lowest BCUT2D eigenvalue weighted by Crippen LogP contribution is -2.49. The summed E-state index contributed by atoms with van der Waals surface area (Å²) < 4.78 is 1.45. The lowest BCUT2D eigenvalue weighted by atomic mass is 9.98. The van der Waals surface area contributed by atoms with Gasteiger partial charge in [0.1, 0.15) is 17.3 Å². The molecule has 4 aromatic carbocycles. The van der Waals surface area contributed by atoms with Crippen molar-refractivity contribution in [2.45, 2.75) is 39.2 Å². The van der Waals surface area contributed by atoms with Gasteiger partial charge in [-0.1, -0.05) is 61.9 Å². The molecule has 0 radical (unpaired) electrons. The van der Waals surface area contributed by atoms with E-state index in [0.717, 1.165) is 35.7 Å². The minimum atomic E-state index is -0.332. The van der Waals surface area contributed by atoms with E-state index >= 15 is 0 Å². The molecule has 5 heterocycles. The highest BCUT2D eigenvalue weighted by Gasteiger charge is 2.29. The van der Waals surface area contributed by atoms with Crippen LogP contribution in [-0.4, -0.2) is 127 Å². The van der Waals surface area contributed by atoms with Crippen molar-refractivity contribution in [2.24, 2.45) is 0 Å². The van der Waals surface area contributed by atoms with Gasteiger partial charge in [0.25, 0.3) is 0 Å². The zero-order chi connectivity index (χ0) is 44.5. The maximum atomic E-state index is 13.6. The predicted molar refractivity (Wildman–Crippen MR) is 248 cm³/mol. The number of nitrogens with zero attached hydrogens (tertiary/aromatic N) is 10. The number of hydrogen-bond donors (Lipinski definition) is 4. The summed E-state index contributed by atoms with van der Waals surface area (Å²) in [5.74, 6) is 1.42. The van der Waals surface area contributed by atoms with Crippen LogP contribution in [0.15, 0.2) is 91.5 Å². The number of benzene rings is 4. The first kappa shape index (κ1) is 42.0. The molecule has 0 aliphatic carbocycles. The van der Waals surface area contributed by atoms with E-state index in [9.17, 15) is 24.9 Å². The molecule has 2 saturated heterocycles. The molecule has 0 unspecified atom stereocenters. The van der Waals surface area contributed by atoms with Crippen LogP contribution in [0.25, 0.3) is 27.8 Å². The number of amides is 2. The number of rotatable bonds is 11. The average Bonchev–Trinajstić information content (AvgIpc) is 3.71. The fraction of sp³-hybridized carbons (Fsp3) is 0.333. The molecule has 4 N–H and O–H groups in total. The molecule has 16 nitrogen and oxygen atoms in total. The van der Waals surface area contributed by atoms with Gasteiger partial charge in [0.15, 0.2) is 5.82 Å². The van der Waals surface area contributed by atoms with Crippen LogP contribution in [0.2, 0.25) is 0 Å². The summed E-state index contributed by atoms with van der Waals surface area (Å²) in [4.78, 5) is 46.6. The van der Waals surface area contributed by atoms with Crippen molar-refractivity contribution in [1.29, 1.82) is 0 Å². The van der Waals surface area contributed by atoms with Crippen molar-refractivity contribution in [1.82, 2.24) is 34.5 Å². The third-order valence-corrected chi connectivity index (χ3v) is 12.6. The predicted octanol–water partition coefficient (Wildman–Crippen LogP) is 5.67. The molecule has 0 saturated carbocycles. The minimum Gasteiger partial charge on any atom is -0.508 e. The van der Waals surface area contributed by atoms with Gasteiger partial charge in [-0.2, -0.15) is 4.98 Å². The number of piperazine rings is 2. The molecule has 2 amide bonds. The number of aromatic hydroxyl groups is 3. The number of nitrogens with one attached hydrogen (secondary N) is 1. The van der Waals surface area contributed by atoms with Gasteiger partial charge >= 0.3 is 6.01 Å². The number of phenolic OH excluding ortho intramolecular Hbond substituents is 2. The first-order chi connectivity index (χ1) is 31.1. The van der Waals surface area contributed by atoms with E-state index < -0.39 is 0 Å². The standard InChI is InChI=1S/C48H53N11O5/c1-4-43(62)55-24-26-57(27-25-55)45-36-17-19-58(40-11-7-9-32-8-5-6-10-35(32)40)30-39(36)50-47(51-45)49-18-16-44(63)56-22-20-54(21-23-56)33-12-14-34(15-13-33)59-46(52-53-48(59)64)38-28-37(31(2)3)41(60)29-42(38)61/h4-15,28-29,31,60-61H,1,16-27,30H2,2-3H3,(H,53,64)(H,49,50,51). The Morgan fingerprint density at radius 2 is 1.47 bits per heavy atom. The Balaban J connectivity index is 0.842. The second-order valence-corrected chi connectivity index (χ2v) is 16.8. The smallest absolute Gasteiger partial charge is 0.319 e. The van der Waals surface area contributed by atoms with Crippen LogP contribution in [0, 0.1) is 0 Å². The molecule has 3 aliphatic heterocycles. The van der Waals surface area contributed by atoms with Gasteiger partial charge in [0, 0.05) is 100 Å². The van der Waals surface area contributed by atoms with E-state index in [0.29, 0.717) is 88.2 Å². The maximum absolute atomic E-state index is 13.6. The van der Waals surface area contributed by atoms with Crippen LogP contribution in [0.5, 0.6) is 17.5 Å². The zero-order valence-electron chi connectivity index (χ0n) is 36.2. The molecule has 3 aliphatic rings. The zero-order valence-corrected chi connectivity index (χ0v) is 36.2. The van der Waals surface area contributed by atoms with Crippen LogP contribution in [0.3, 0.4) is 0 Å². The van der Waals surface area contributed by atoms with Crippen LogP contribution < -0.4 is 20.0 Å². The molecular formula is C48H53N11O5. The van der Waals surface area contributed by atoms with E-state index in [1.165, 1.54) is 33.2 Å². The van der Waals surface area contributed by atoms with Crippen molar-refractivity contribution in [3.05, 3.63) is 108 Å². The fourth-order valence-corrected chi connectivity index (χ4v) is 9.10. The van der Waals surface area contributed by atoms with Crippen molar-refractivity contribution < 1.29 is 24.9 Å². The summed E-state index contributed by atoms with van der Waals surface area (Å²) in [5.41, 5.74) is 5.81. The van der Waals surface area contributed by atoms with Gasteiger partial charge in [0.05, 0.1) is 23.5 Å². The quantitative estimate of drug-likeness (QED) is 0.117. The van der Waals surface area contributed by atoms with E-state index in [4.69, 9.17) is 9.97 Å². The first-order valence-electron chi connectivity index (χ1n) is 21.9. The van der Waals surface area contributed by atoms with Crippen LogP contribution >= 0.6 is 0 Å². The molecule has 2 aromatic heterocycles. The molecule has 64 heavy (non-hydrogen) atoms. The van der Waals surface area contributed by atoms with Crippen molar-refractivity contribution in [3.63, 3.8) is 0 Å². The third-order valence-electron chi connectivity index (χ3n) is 12.6. The number of carbonyl (C=O) groups is 2. The van der Waals surface area contributed by atoms with Gasteiger partial charge in [0.2, 0.25) is 17.8 Å². The average molecular weight is 864 g/mol. The number of anilines is 4. The molecule has 330 valence electrons. The second kappa shape index (κ2) is 17.8. The Hall–Kier alpha value is -7.36. The molecular weight excluding hydrogens is 811 g/mol. The topological polar surface area (TPSA) is 180 Å². The van der Waals surface area contributed by atoms with Gasteiger partial charge in [-0.25, -0.2) is 9.55 Å². The molecule has 2 fully saturated rings. The third kappa shape index (κ3) is 8.30. The highest BCUT2D eigenvalue weighted by Crippen LogP contribution is 2.39. The Labute approximate surface area is 371 Å². The van der Waals surface area contributed by atoms with Gasteiger partial charge in [-0.3, -0.25) is 9.59 Å². The number of hydrogen-bond acceptors (Lipinski definition) is 13. The normalized spacial score (nSPS) is 15.5. The van der Waals surface area contributed by atoms with E-state index in [1.807, 2.05) is 47.9 Å². The van der Waals surface area contributed by atoms with Gasteiger partial charge < -0.3 is 45.1 Å². The number of phenols is 2. The van der Waals surface area contributed by atoms with Crippen molar-refractivity contribution >= 4 is 45.7 Å². The summed E-state index contributed by atoms with van der Waals surface area (Å²) in [6, 6.07) is 25.1. The fourth-order valence-electron chi connectivity index (χ4n) is 9.10. The van der Waals surface area contributed by atoms with Crippen LogP contribution in [0.1, 0.15) is 43.0 Å².